The summed E-state index contributed by atoms with van der Waals surface area (Å²) in [6.45, 7) is 0. The van der Waals surface area contributed by atoms with E-state index >= 15 is 0 Å². The summed E-state index contributed by atoms with van der Waals surface area (Å²) in [5.41, 5.74) is 8.09. The van der Waals surface area contributed by atoms with Crippen molar-refractivity contribution in [3.63, 3.8) is 0 Å². The molecule has 1 saturated carbocycles. The minimum atomic E-state index is -0.228. The molecule has 86 valence electrons. The van der Waals surface area contributed by atoms with Gasteiger partial charge in [0.15, 0.2) is 0 Å². The Kier molecular flexibility index (Phi) is 2.23. The highest BCUT2D eigenvalue weighted by Crippen LogP contribution is 2.41. The van der Waals surface area contributed by atoms with E-state index in [1.165, 1.54) is 6.07 Å². The topological polar surface area (TPSA) is 38.9 Å². The summed E-state index contributed by atoms with van der Waals surface area (Å²) >= 11 is 0. The fourth-order valence-electron chi connectivity index (χ4n) is 1.93. The Morgan fingerprint density at radius 3 is 2.47 bits per heavy atom. The van der Waals surface area contributed by atoms with Crippen LogP contribution >= 0.6 is 0 Å². The van der Waals surface area contributed by atoms with Gasteiger partial charge in [-0.15, -0.1) is 0 Å². The average molecular weight is 228 g/mol. The van der Waals surface area contributed by atoms with Gasteiger partial charge in [-0.05, 0) is 25.0 Å². The Morgan fingerprint density at radius 1 is 1.12 bits per heavy atom. The third kappa shape index (κ3) is 1.83. The molecule has 0 amide bonds. The minimum absolute atomic E-state index is 0.226. The van der Waals surface area contributed by atoms with Gasteiger partial charge in [0.1, 0.15) is 5.82 Å². The van der Waals surface area contributed by atoms with E-state index in [4.69, 9.17) is 5.73 Å². The number of aromatic nitrogens is 1. The fraction of sp³-hybridized carbons (Fsp3) is 0.214. The highest BCUT2D eigenvalue weighted by atomic mass is 19.1. The molecule has 1 aliphatic carbocycles. The lowest BCUT2D eigenvalue weighted by Crippen LogP contribution is -2.19. The van der Waals surface area contributed by atoms with E-state index in [0.29, 0.717) is 5.56 Å². The van der Waals surface area contributed by atoms with Crippen molar-refractivity contribution in [2.45, 2.75) is 18.4 Å². The molecule has 1 aliphatic rings. The molecule has 1 heterocycles. The second-order valence-electron chi connectivity index (χ2n) is 4.57. The third-order valence-electron chi connectivity index (χ3n) is 3.25. The molecule has 3 heteroatoms. The lowest BCUT2D eigenvalue weighted by molar-refractivity contribution is 0.631. The van der Waals surface area contributed by atoms with Gasteiger partial charge in [0.25, 0.3) is 0 Å². The number of pyridine rings is 1. The number of rotatable bonds is 2. The molecular formula is C14H13FN2. The summed E-state index contributed by atoms with van der Waals surface area (Å²) in [6.07, 6.45) is 3.67. The second kappa shape index (κ2) is 3.64. The zero-order chi connectivity index (χ0) is 11.9. The van der Waals surface area contributed by atoms with E-state index in [2.05, 4.69) is 4.98 Å². The number of halogens is 1. The first-order valence-electron chi connectivity index (χ1n) is 5.69. The lowest BCUT2D eigenvalue weighted by atomic mass is 10.1. The van der Waals surface area contributed by atoms with E-state index in [9.17, 15) is 4.39 Å². The molecule has 2 aromatic rings. The maximum absolute atomic E-state index is 13.6. The SMILES string of the molecule is NC1(c2ccc(-c3ccccc3F)cn2)CC1. The number of hydrogen-bond donors (Lipinski definition) is 1. The number of benzene rings is 1. The van der Waals surface area contributed by atoms with Crippen LogP contribution in [0.5, 0.6) is 0 Å². The molecule has 2 N–H and O–H groups in total. The molecule has 0 unspecified atom stereocenters. The predicted molar refractivity (Wildman–Crippen MR) is 64.7 cm³/mol. The van der Waals surface area contributed by atoms with Crippen LogP contribution in [-0.2, 0) is 5.54 Å². The summed E-state index contributed by atoms with van der Waals surface area (Å²) in [5, 5.41) is 0. The maximum Gasteiger partial charge on any atom is 0.131 e. The molecule has 0 bridgehead atoms. The lowest BCUT2D eigenvalue weighted by Gasteiger charge is -2.09. The van der Waals surface area contributed by atoms with E-state index in [0.717, 1.165) is 24.1 Å². The number of nitrogens with two attached hydrogens (primary N) is 1. The van der Waals surface area contributed by atoms with Gasteiger partial charge in [0, 0.05) is 17.3 Å². The first-order valence-corrected chi connectivity index (χ1v) is 5.69. The van der Waals surface area contributed by atoms with E-state index in [1.807, 2.05) is 18.2 Å². The predicted octanol–water partition coefficient (Wildman–Crippen LogP) is 2.84. The molecule has 1 fully saturated rings. The van der Waals surface area contributed by atoms with Crippen molar-refractivity contribution in [3.05, 3.63) is 54.1 Å². The van der Waals surface area contributed by atoms with Crippen LogP contribution in [-0.4, -0.2) is 4.98 Å². The molecule has 3 rings (SSSR count). The normalized spacial score (nSPS) is 16.8. The molecule has 1 aromatic carbocycles. The van der Waals surface area contributed by atoms with Crippen LogP contribution < -0.4 is 5.73 Å². The Bertz CT molecular complexity index is 544. The first-order chi connectivity index (χ1) is 8.19. The van der Waals surface area contributed by atoms with Gasteiger partial charge in [0.2, 0.25) is 0 Å². The first kappa shape index (κ1) is 10.4. The largest absolute Gasteiger partial charge is 0.320 e. The summed E-state index contributed by atoms with van der Waals surface area (Å²) in [5.74, 6) is -0.226. The van der Waals surface area contributed by atoms with Crippen molar-refractivity contribution in [2.24, 2.45) is 5.73 Å². The Morgan fingerprint density at radius 2 is 1.88 bits per heavy atom. The Labute approximate surface area is 99.3 Å². The molecule has 17 heavy (non-hydrogen) atoms. The summed E-state index contributed by atoms with van der Waals surface area (Å²) in [4.78, 5) is 4.34. The van der Waals surface area contributed by atoms with Gasteiger partial charge in [-0.3, -0.25) is 4.98 Å². The number of nitrogens with zero attached hydrogens (tertiary/aromatic N) is 1. The smallest absolute Gasteiger partial charge is 0.131 e. The zero-order valence-corrected chi connectivity index (χ0v) is 9.36. The van der Waals surface area contributed by atoms with Gasteiger partial charge in [-0.2, -0.15) is 0 Å². The van der Waals surface area contributed by atoms with E-state index in [-0.39, 0.29) is 11.4 Å². The maximum atomic E-state index is 13.6. The van der Waals surface area contributed by atoms with Crippen molar-refractivity contribution < 1.29 is 4.39 Å². The highest BCUT2D eigenvalue weighted by molar-refractivity contribution is 5.63. The van der Waals surface area contributed by atoms with Gasteiger partial charge in [-0.25, -0.2) is 4.39 Å². The zero-order valence-electron chi connectivity index (χ0n) is 9.36. The molecule has 2 nitrogen and oxygen atoms in total. The molecule has 0 spiro atoms. The van der Waals surface area contributed by atoms with Crippen LogP contribution in [0.4, 0.5) is 4.39 Å². The van der Waals surface area contributed by atoms with Crippen molar-refractivity contribution >= 4 is 0 Å². The van der Waals surface area contributed by atoms with Crippen molar-refractivity contribution in [1.29, 1.82) is 0 Å². The highest BCUT2D eigenvalue weighted by Gasteiger charge is 2.41. The second-order valence-corrected chi connectivity index (χ2v) is 4.57. The monoisotopic (exact) mass is 228 g/mol. The summed E-state index contributed by atoms with van der Waals surface area (Å²) < 4.78 is 13.6. The van der Waals surface area contributed by atoms with Gasteiger partial charge >= 0.3 is 0 Å². The Balaban J connectivity index is 1.98. The van der Waals surface area contributed by atoms with Crippen LogP contribution in [0.15, 0.2) is 42.6 Å². The van der Waals surface area contributed by atoms with Gasteiger partial charge in [0.05, 0.1) is 11.2 Å². The minimum Gasteiger partial charge on any atom is -0.320 e. The van der Waals surface area contributed by atoms with Gasteiger partial charge in [-0.1, -0.05) is 24.3 Å². The molecular weight excluding hydrogens is 215 g/mol. The molecule has 0 atom stereocenters. The van der Waals surface area contributed by atoms with Crippen LogP contribution in [0.3, 0.4) is 0 Å². The molecule has 0 saturated heterocycles. The molecule has 0 aliphatic heterocycles. The van der Waals surface area contributed by atoms with Crippen LogP contribution in [0.2, 0.25) is 0 Å². The van der Waals surface area contributed by atoms with Crippen molar-refractivity contribution in [1.82, 2.24) is 4.98 Å². The van der Waals surface area contributed by atoms with Gasteiger partial charge < -0.3 is 5.73 Å². The Hall–Kier alpha value is -1.74. The van der Waals surface area contributed by atoms with Crippen molar-refractivity contribution in [3.8, 4) is 11.1 Å². The quantitative estimate of drug-likeness (QED) is 0.858. The molecule has 0 radical (unpaired) electrons. The van der Waals surface area contributed by atoms with E-state index < -0.39 is 0 Å². The van der Waals surface area contributed by atoms with Crippen LogP contribution in [0, 0.1) is 5.82 Å². The van der Waals surface area contributed by atoms with Crippen LogP contribution in [0.25, 0.3) is 11.1 Å². The number of hydrogen-bond acceptors (Lipinski definition) is 2. The van der Waals surface area contributed by atoms with E-state index in [1.54, 1.807) is 18.3 Å². The summed E-state index contributed by atoms with van der Waals surface area (Å²) in [6, 6.07) is 10.5. The standard InChI is InChI=1S/C14H13FN2/c15-12-4-2-1-3-11(12)10-5-6-13(17-9-10)14(16)7-8-14/h1-6,9H,7-8,16H2. The summed E-state index contributed by atoms with van der Waals surface area (Å²) in [7, 11) is 0. The fourth-order valence-corrected chi connectivity index (χ4v) is 1.93. The van der Waals surface area contributed by atoms with Crippen molar-refractivity contribution in [2.75, 3.05) is 0 Å². The van der Waals surface area contributed by atoms with Crippen LogP contribution in [0.1, 0.15) is 18.5 Å². The third-order valence-corrected chi connectivity index (χ3v) is 3.25. The average Bonchev–Trinajstić information content (AvgIpc) is 3.10. The molecule has 1 aromatic heterocycles.